The summed E-state index contributed by atoms with van der Waals surface area (Å²) < 4.78 is 13.0. The van der Waals surface area contributed by atoms with E-state index in [9.17, 15) is 4.39 Å². The maximum atomic E-state index is 13.0. The number of hydrogen-bond donors (Lipinski definition) is 4. The molecule has 0 aliphatic heterocycles. The number of phenolic OH excluding ortho intramolecular Hbond substituents is 2. The molecule has 0 amide bonds. The van der Waals surface area contributed by atoms with Gasteiger partial charge in [-0.2, -0.15) is 0 Å². The van der Waals surface area contributed by atoms with Gasteiger partial charge in [-0.3, -0.25) is 0 Å². The molecule has 0 saturated carbocycles. The van der Waals surface area contributed by atoms with Crippen molar-refractivity contribution in [3.8, 4) is 11.5 Å². The molecule has 0 aliphatic carbocycles. The predicted molar refractivity (Wildman–Crippen MR) is 51.0 cm³/mol. The Kier molecular flexibility index (Phi) is 4.62. The largest absolute Gasteiger partial charge is 0.504 e. The van der Waals surface area contributed by atoms with Crippen LogP contribution in [0.1, 0.15) is 11.7 Å². The van der Waals surface area contributed by atoms with Crippen molar-refractivity contribution in [1.82, 2.24) is 0 Å². The molecule has 0 aliphatic rings. The number of hydrogen-bond acceptors (Lipinski definition) is 4. The van der Waals surface area contributed by atoms with Crippen LogP contribution in [0.25, 0.3) is 0 Å². The summed E-state index contributed by atoms with van der Waals surface area (Å²) in [4.78, 5) is 0. The van der Waals surface area contributed by atoms with E-state index >= 15 is 0 Å². The maximum Gasteiger partial charge on any atom is 0.160 e. The average Bonchev–Trinajstić information content (AvgIpc) is 2.10. The number of aliphatic hydroxyl groups is 1. The van der Waals surface area contributed by atoms with Crippen molar-refractivity contribution >= 4 is 12.4 Å². The molecular weight excluding hydrogens is 213 g/mol. The molecule has 6 heteroatoms. The molecule has 0 radical (unpaired) electrons. The van der Waals surface area contributed by atoms with Crippen LogP contribution in [-0.2, 0) is 0 Å². The molecule has 0 aromatic heterocycles. The smallest absolute Gasteiger partial charge is 0.160 e. The highest BCUT2D eigenvalue weighted by Crippen LogP contribution is 2.30. The van der Waals surface area contributed by atoms with E-state index in [1.165, 1.54) is 0 Å². The van der Waals surface area contributed by atoms with Gasteiger partial charge in [0, 0.05) is 18.2 Å². The van der Waals surface area contributed by atoms with Gasteiger partial charge in [0.2, 0.25) is 0 Å². The van der Waals surface area contributed by atoms with Gasteiger partial charge in [-0.15, -0.1) is 12.4 Å². The first-order chi connectivity index (χ1) is 6.06. The Labute approximate surface area is 86.2 Å². The fourth-order valence-electron chi connectivity index (χ4n) is 0.950. The molecule has 1 aromatic carbocycles. The van der Waals surface area contributed by atoms with Gasteiger partial charge in [0.1, 0.15) is 5.82 Å². The van der Waals surface area contributed by atoms with E-state index in [1.807, 2.05) is 0 Å². The van der Waals surface area contributed by atoms with E-state index < -0.39 is 23.4 Å². The summed E-state index contributed by atoms with van der Waals surface area (Å²) in [6, 6.07) is 1.67. The number of rotatable bonds is 2. The SMILES string of the molecule is Cl.NC[C@H](O)c1cc(O)c(O)cc1F. The summed E-state index contributed by atoms with van der Waals surface area (Å²) >= 11 is 0. The molecule has 5 N–H and O–H groups in total. The van der Waals surface area contributed by atoms with Crippen molar-refractivity contribution in [3.05, 3.63) is 23.5 Å². The molecule has 0 spiro atoms. The Hall–Kier alpha value is -1.04. The minimum absolute atomic E-state index is 0. The topological polar surface area (TPSA) is 86.7 Å². The van der Waals surface area contributed by atoms with Gasteiger partial charge in [-0.1, -0.05) is 0 Å². The normalized spacial score (nSPS) is 11.9. The molecule has 1 atom stereocenters. The fourth-order valence-corrected chi connectivity index (χ4v) is 0.950. The minimum Gasteiger partial charge on any atom is -0.504 e. The lowest BCUT2D eigenvalue weighted by atomic mass is 10.1. The zero-order chi connectivity index (χ0) is 10.0. The first-order valence-corrected chi connectivity index (χ1v) is 3.65. The minimum atomic E-state index is -1.17. The molecule has 0 unspecified atom stereocenters. The fraction of sp³-hybridized carbons (Fsp3) is 0.250. The summed E-state index contributed by atoms with van der Waals surface area (Å²) in [5.41, 5.74) is 4.97. The van der Waals surface area contributed by atoms with Crippen molar-refractivity contribution in [2.45, 2.75) is 6.10 Å². The Morgan fingerprint density at radius 3 is 2.29 bits per heavy atom. The van der Waals surface area contributed by atoms with Crippen LogP contribution in [0.15, 0.2) is 12.1 Å². The second-order valence-electron chi connectivity index (χ2n) is 2.61. The third-order valence-corrected chi connectivity index (χ3v) is 1.68. The van der Waals surface area contributed by atoms with Gasteiger partial charge >= 0.3 is 0 Å². The molecule has 0 bridgehead atoms. The molecule has 1 rings (SSSR count). The summed E-state index contributed by atoms with van der Waals surface area (Å²) in [6.45, 7) is -0.152. The van der Waals surface area contributed by atoms with Gasteiger partial charge in [0.25, 0.3) is 0 Å². The molecule has 4 nitrogen and oxygen atoms in total. The van der Waals surface area contributed by atoms with Crippen LogP contribution in [0.5, 0.6) is 11.5 Å². The second-order valence-corrected chi connectivity index (χ2v) is 2.61. The number of phenols is 2. The number of halogens is 2. The van der Waals surface area contributed by atoms with Crippen LogP contribution in [0, 0.1) is 5.82 Å². The van der Waals surface area contributed by atoms with E-state index in [0.29, 0.717) is 0 Å². The van der Waals surface area contributed by atoms with Crippen LogP contribution < -0.4 is 5.73 Å². The number of aliphatic hydroxyl groups excluding tert-OH is 1. The number of nitrogens with two attached hydrogens (primary N) is 1. The summed E-state index contributed by atoms with van der Waals surface area (Å²) in [6.07, 6.45) is -1.17. The highest BCUT2D eigenvalue weighted by atomic mass is 35.5. The van der Waals surface area contributed by atoms with Gasteiger partial charge in [-0.25, -0.2) is 4.39 Å². The predicted octanol–water partition coefficient (Wildman–Crippen LogP) is 0.651. The lowest BCUT2D eigenvalue weighted by Crippen LogP contribution is -2.12. The van der Waals surface area contributed by atoms with Crippen LogP contribution in [0.3, 0.4) is 0 Å². The highest BCUT2D eigenvalue weighted by molar-refractivity contribution is 5.85. The van der Waals surface area contributed by atoms with Crippen molar-refractivity contribution in [1.29, 1.82) is 0 Å². The highest BCUT2D eigenvalue weighted by Gasteiger charge is 2.14. The first kappa shape index (κ1) is 13.0. The molecule has 14 heavy (non-hydrogen) atoms. The molecule has 0 heterocycles. The zero-order valence-corrected chi connectivity index (χ0v) is 7.96. The maximum absolute atomic E-state index is 13.0. The van der Waals surface area contributed by atoms with E-state index in [-0.39, 0.29) is 24.5 Å². The van der Waals surface area contributed by atoms with Crippen molar-refractivity contribution < 1.29 is 19.7 Å². The Morgan fingerprint density at radius 2 is 1.79 bits per heavy atom. The molecule has 80 valence electrons. The Bertz CT molecular complexity index is 322. The third kappa shape index (κ3) is 2.47. The van der Waals surface area contributed by atoms with Crippen molar-refractivity contribution in [3.63, 3.8) is 0 Å². The van der Waals surface area contributed by atoms with Crippen LogP contribution in [0.4, 0.5) is 4.39 Å². The molecule has 1 aromatic rings. The van der Waals surface area contributed by atoms with Gasteiger partial charge < -0.3 is 21.1 Å². The monoisotopic (exact) mass is 223 g/mol. The number of aromatic hydroxyl groups is 2. The van der Waals surface area contributed by atoms with Crippen molar-refractivity contribution in [2.24, 2.45) is 5.73 Å². The zero-order valence-electron chi connectivity index (χ0n) is 7.14. The quantitative estimate of drug-likeness (QED) is 0.555. The standard InChI is InChI=1S/C8H10FNO3.ClH/c9-5-2-7(12)6(11)1-4(5)8(13)3-10;/h1-2,8,11-13H,3,10H2;1H/t8-;/m0./s1. The van der Waals surface area contributed by atoms with E-state index in [4.69, 9.17) is 21.1 Å². The average molecular weight is 224 g/mol. The second kappa shape index (κ2) is 4.99. The van der Waals surface area contributed by atoms with Crippen LogP contribution in [-0.4, -0.2) is 21.9 Å². The lowest BCUT2D eigenvalue weighted by Gasteiger charge is -2.10. The van der Waals surface area contributed by atoms with Gasteiger partial charge in [0.05, 0.1) is 6.10 Å². The Balaban J connectivity index is 0.00000169. The summed E-state index contributed by atoms with van der Waals surface area (Å²) in [5.74, 6) is -1.84. The summed E-state index contributed by atoms with van der Waals surface area (Å²) in [5, 5.41) is 27.0. The van der Waals surface area contributed by atoms with E-state index in [2.05, 4.69) is 0 Å². The molecule has 0 saturated heterocycles. The number of benzene rings is 1. The van der Waals surface area contributed by atoms with Gasteiger partial charge in [0.15, 0.2) is 11.5 Å². The first-order valence-electron chi connectivity index (χ1n) is 3.65. The van der Waals surface area contributed by atoms with Gasteiger partial charge in [-0.05, 0) is 6.07 Å². The Morgan fingerprint density at radius 1 is 1.29 bits per heavy atom. The van der Waals surface area contributed by atoms with Crippen LogP contribution in [0.2, 0.25) is 0 Å². The third-order valence-electron chi connectivity index (χ3n) is 1.68. The van der Waals surface area contributed by atoms with Crippen LogP contribution >= 0.6 is 12.4 Å². The molecule has 0 fully saturated rings. The molecular formula is C8H11ClFNO3. The van der Waals surface area contributed by atoms with Crippen molar-refractivity contribution in [2.75, 3.05) is 6.54 Å². The van der Waals surface area contributed by atoms with E-state index in [0.717, 1.165) is 12.1 Å². The summed E-state index contributed by atoms with van der Waals surface area (Å²) in [7, 11) is 0. The van der Waals surface area contributed by atoms with E-state index in [1.54, 1.807) is 0 Å². The lowest BCUT2D eigenvalue weighted by molar-refractivity contribution is 0.181.